The highest BCUT2D eigenvalue weighted by atomic mass is 16.3. The number of aliphatic hydroxyl groups is 1. The number of fused-ring (bicyclic) bond motifs is 1. The Bertz CT molecular complexity index is 1120. The molecular weight excluding hydrogens is 376 g/mol. The van der Waals surface area contributed by atoms with Gasteiger partial charge in [0, 0.05) is 49.0 Å². The molecule has 5 rings (SSSR count). The summed E-state index contributed by atoms with van der Waals surface area (Å²) < 4.78 is 1.88. The summed E-state index contributed by atoms with van der Waals surface area (Å²) in [6.07, 6.45) is 7.49. The number of anilines is 3. The summed E-state index contributed by atoms with van der Waals surface area (Å²) in [5.41, 5.74) is 5.07. The van der Waals surface area contributed by atoms with E-state index in [2.05, 4.69) is 49.5 Å². The predicted molar refractivity (Wildman–Crippen MR) is 118 cm³/mol. The Morgan fingerprint density at radius 1 is 1.00 bits per heavy atom. The molecule has 1 aliphatic heterocycles. The van der Waals surface area contributed by atoms with Crippen molar-refractivity contribution in [2.75, 3.05) is 29.9 Å². The highest BCUT2D eigenvalue weighted by Crippen LogP contribution is 2.26. The molecule has 152 valence electrons. The second-order valence-corrected chi connectivity index (χ2v) is 7.66. The van der Waals surface area contributed by atoms with Crippen LogP contribution in [0.15, 0.2) is 67.1 Å². The van der Waals surface area contributed by atoms with Gasteiger partial charge in [-0.25, -0.2) is 9.50 Å². The number of hydrogen-bond donors (Lipinski definition) is 2. The van der Waals surface area contributed by atoms with Crippen LogP contribution in [0.2, 0.25) is 0 Å². The molecule has 0 amide bonds. The second-order valence-electron chi connectivity index (χ2n) is 7.66. The van der Waals surface area contributed by atoms with Crippen molar-refractivity contribution in [2.45, 2.75) is 12.8 Å². The minimum atomic E-state index is 0.297. The quantitative estimate of drug-likeness (QED) is 0.531. The topological polar surface area (TPSA) is 78.6 Å². The van der Waals surface area contributed by atoms with Crippen molar-refractivity contribution < 1.29 is 5.11 Å². The first-order valence-corrected chi connectivity index (χ1v) is 10.3. The maximum atomic E-state index is 9.32. The van der Waals surface area contributed by atoms with E-state index in [1.54, 1.807) is 6.20 Å². The van der Waals surface area contributed by atoms with Gasteiger partial charge in [-0.3, -0.25) is 4.98 Å². The molecule has 7 nitrogen and oxygen atoms in total. The van der Waals surface area contributed by atoms with Gasteiger partial charge < -0.3 is 15.3 Å². The van der Waals surface area contributed by atoms with E-state index in [4.69, 9.17) is 0 Å². The number of hydrogen-bond acceptors (Lipinski definition) is 6. The van der Waals surface area contributed by atoms with Crippen LogP contribution in [0.25, 0.3) is 16.8 Å². The average Bonchev–Trinajstić information content (AvgIpc) is 3.24. The van der Waals surface area contributed by atoms with Gasteiger partial charge in [-0.2, -0.15) is 0 Å². The summed E-state index contributed by atoms with van der Waals surface area (Å²) >= 11 is 0. The molecule has 0 spiro atoms. The summed E-state index contributed by atoms with van der Waals surface area (Å²) in [4.78, 5) is 11.0. The van der Waals surface area contributed by atoms with E-state index in [0.29, 0.717) is 18.5 Å². The lowest BCUT2D eigenvalue weighted by atomic mass is 9.97. The van der Waals surface area contributed by atoms with Crippen molar-refractivity contribution in [3.63, 3.8) is 0 Å². The third-order valence-corrected chi connectivity index (χ3v) is 5.72. The Balaban J connectivity index is 1.33. The molecule has 4 heterocycles. The number of pyridine rings is 1. The zero-order valence-electron chi connectivity index (χ0n) is 16.6. The van der Waals surface area contributed by atoms with E-state index in [1.165, 1.54) is 5.69 Å². The summed E-state index contributed by atoms with van der Waals surface area (Å²) in [5.74, 6) is 0.986. The van der Waals surface area contributed by atoms with Crippen LogP contribution >= 0.6 is 0 Å². The Morgan fingerprint density at radius 2 is 1.83 bits per heavy atom. The van der Waals surface area contributed by atoms with Crippen molar-refractivity contribution in [3.8, 4) is 11.3 Å². The van der Waals surface area contributed by atoms with E-state index in [-0.39, 0.29) is 0 Å². The molecule has 0 saturated carbocycles. The lowest BCUT2D eigenvalue weighted by Crippen LogP contribution is -2.34. The maximum Gasteiger partial charge on any atom is 0.245 e. The van der Waals surface area contributed by atoms with E-state index in [1.807, 2.05) is 41.2 Å². The molecule has 7 heteroatoms. The molecule has 0 unspecified atom stereocenters. The Kier molecular flexibility index (Phi) is 5.03. The van der Waals surface area contributed by atoms with Gasteiger partial charge in [0.25, 0.3) is 0 Å². The highest BCUT2D eigenvalue weighted by Gasteiger charge is 2.18. The summed E-state index contributed by atoms with van der Waals surface area (Å²) in [6.45, 7) is 2.27. The molecule has 0 radical (unpaired) electrons. The van der Waals surface area contributed by atoms with Crippen molar-refractivity contribution in [2.24, 2.45) is 5.92 Å². The largest absolute Gasteiger partial charge is 0.396 e. The molecule has 0 bridgehead atoms. The van der Waals surface area contributed by atoms with Crippen LogP contribution in [-0.4, -0.2) is 44.4 Å². The second kappa shape index (κ2) is 8.12. The van der Waals surface area contributed by atoms with Crippen molar-refractivity contribution >= 4 is 22.8 Å². The van der Waals surface area contributed by atoms with Gasteiger partial charge >= 0.3 is 0 Å². The number of benzene rings is 1. The predicted octanol–water partition coefficient (Wildman–Crippen LogP) is 3.74. The SMILES string of the molecule is OCC1CCN(c2ccc(Nc3ncc4ccc(-c5cccnc5)n4n3)cc2)CC1. The van der Waals surface area contributed by atoms with Crippen LogP contribution in [0.3, 0.4) is 0 Å². The standard InChI is InChI=1S/C23H24N6O/c30-16-17-9-12-28(13-10-17)20-5-3-19(4-6-20)26-23-25-15-21-7-8-22(29(21)27-23)18-2-1-11-24-14-18/h1-8,11,14-15,17,30H,9-10,12-13,16H2,(H,26,27). The van der Waals surface area contributed by atoms with Crippen LogP contribution in [0, 0.1) is 5.92 Å². The fourth-order valence-electron chi connectivity index (χ4n) is 3.95. The van der Waals surface area contributed by atoms with E-state index >= 15 is 0 Å². The molecule has 1 saturated heterocycles. The lowest BCUT2D eigenvalue weighted by Gasteiger charge is -2.32. The minimum Gasteiger partial charge on any atom is -0.396 e. The van der Waals surface area contributed by atoms with Crippen LogP contribution in [-0.2, 0) is 0 Å². The molecule has 0 aliphatic carbocycles. The lowest BCUT2D eigenvalue weighted by molar-refractivity contribution is 0.203. The normalized spacial score (nSPS) is 14.9. The van der Waals surface area contributed by atoms with Gasteiger partial charge in [-0.15, -0.1) is 5.10 Å². The molecule has 4 aromatic rings. The first-order valence-electron chi connectivity index (χ1n) is 10.3. The third kappa shape index (κ3) is 3.71. The van der Waals surface area contributed by atoms with Crippen molar-refractivity contribution in [1.82, 2.24) is 19.6 Å². The Morgan fingerprint density at radius 3 is 2.57 bits per heavy atom. The van der Waals surface area contributed by atoms with Gasteiger partial charge in [-0.1, -0.05) is 0 Å². The zero-order chi connectivity index (χ0) is 20.3. The molecular formula is C23H24N6O. The fourth-order valence-corrected chi connectivity index (χ4v) is 3.95. The molecule has 30 heavy (non-hydrogen) atoms. The first-order chi connectivity index (χ1) is 14.8. The molecule has 1 fully saturated rings. The number of nitrogens with zero attached hydrogens (tertiary/aromatic N) is 5. The number of aromatic nitrogens is 4. The van der Waals surface area contributed by atoms with Crippen molar-refractivity contribution in [1.29, 1.82) is 0 Å². The molecule has 3 aromatic heterocycles. The molecule has 2 N–H and O–H groups in total. The van der Waals surface area contributed by atoms with E-state index in [0.717, 1.165) is 48.4 Å². The number of piperidine rings is 1. The highest BCUT2D eigenvalue weighted by molar-refractivity contribution is 5.66. The van der Waals surface area contributed by atoms with Gasteiger partial charge in [0.2, 0.25) is 5.95 Å². The summed E-state index contributed by atoms with van der Waals surface area (Å²) in [6, 6.07) is 16.3. The smallest absolute Gasteiger partial charge is 0.245 e. The number of aliphatic hydroxyl groups excluding tert-OH is 1. The van der Waals surface area contributed by atoms with Crippen molar-refractivity contribution in [3.05, 3.63) is 67.1 Å². The molecule has 1 aromatic carbocycles. The number of nitrogens with one attached hydrogen (secondary N) is 1. The van der Waals surface area contributed by atoms with Gasteiger partial charge in [0.15, 0.2) is 0 Å². The Hall–Kier alpha value is -3.45. The first kappa shape index (κ1) is 18.6. The van der Waals surface area contributed by atoms with Crippen LogP contribution in [0.4, 0.5) is 17.3 Å². The van der Waals surface area contributed by atoms with Gasteiger partial charge in [-0.05, 0) is 67.3 Å². The number of rotatable bonds is 5. The van der Waals surface area contributed by atoms with Crippen LogP contribution < -0.4 is 10.2 Å². The third-order valence-electron chi connectivity index (χ3n) is 5.72. The van der Waals surface area contributed by atoms with E-state index in [9.17, 15) is 5.11 Å². The van der Waals surface area contributed by atoms with Gasteiger partial charge in [0.05, 0.1) is 17.4 Å². The van der Waals surface area contributed by atoms with Gasteiger partial charge in [0.1, 0.15) is 0 Å². The zero-order valence-corrected chi connectivity index (χ0v) is 16.6. The summed E-state index contributed by atoms with van der Waals surface area (Å²) in [7, 11) is 0. The molecule has 0 atom stereocenters. The van der Waals surface area contributed by atoms with Crippen LogP contribution in [0.5, 0.6) is 0 Å². The maximum absolute atomic E-state index is 9.32. The summed E-state index contributed by atoms with van der Waals surface area (Å²) in [5, 5.41) is 17.3. The Labute approximate surface area is 175 Å². The minimum absolute atomic E-state index is 0.297. The average molecular weight is 400 g/mol. The molecule has 1 aliphatic rings. The van der Waals surface area contributed by atoms with Crippen LogP contribution in [0.1, 0.15) is 12.8 Å². The fraction of sp³-hybridized carbons (Fsp3) is 0.261. The van der Waals surface area contributed by atoms with E-state index < -0.39 is 0 Å². The monoisotopic (exact) mass is 400 g/mol.